The molecule has 0 radical (unpaired) electrons. The van der Waals surface area contributed by atoms with Gasteiger partial charge in [0.25, 0.3) is 0 Å². The van der Waals surface area contributed by atoms with Crippen LogP contribution in [0, 0.1) is 0 Å². The van der Waals surface area contributed by atoms with Crippen molar-refractivity contribution in [3.05, 3.63) is 36.4 Å². The fraction of sp³-hybridized carbons (Fsp3) is 0.100. The van der Waals surface area contributed by atoms with Gasteiger partial charge in [-0.2, -0.15) is 0 Å². The molecule has 0 fully saturated rings. The highest BCUT2D eigenvalue weighted by molar-refractivity contribution is 6.22. The number of rotatable bonds is 0. The molecule has 1 aromatic carbocycles. The van der Waals surface area contributed by atoms with Gasteiger partial charge < -0.3 is 4.74 Å². The molecule has 0 atom stereocenters. The van der Waals surface area contributed by atoms with Gasteiger partial charge in [-0.25, -0.2) is 0 Å². The van der Waals surface area contributed by atoms with E-state index >= 15 is 0 Å². The fourth-order valence-electron chi connectivity index (χ4n) is 1.22. The van der Waals surface area contributed by atoms with Crippen molar-refractivity contribution in [1.82, 2.24) is 0 Å². The maximum Gasteiger partial charge on any atom is 0.200 e. The van der Waals surface area contributed by atoms with Gasteiger partial charge in [0, 0.05) is 11.1 Å². The molecule has 2 heteroatoms. The lowest BCUT2D eigenvalue weighted by Crippen LogP contribution is -2.18. The average Bonchev–Trinajstić information content (AvgIpc) is 2.12. The zero-order valence-corrected chi connectivity index (χ0v) is 6.54. The Balaban J connectivity index is 2.56. The van der Waals surface area contributed by atoms with Gasteiger partial charge in [0.15, 0.2) is 12.4 Å². The number of carbonyl (C=O) groups is 1. The highest BCUT2D eigenvalue weighted by atomic mass is 16.5. The highest BCUT2D eigenvalue weighted by Crippen LogP contribution is 2.28. The van der Waals surface area contributed by atoms with Crippen molar-refractivity contribution < 1.29 is 9.53 Å². The van der Waals surface area contributed by atoms with E-state index in [0.29, 0.717) is 5.57 Å². The van der Waals surface area contributed by atoms with Crippen molar-refractivity contribution in [2.75, 3.05) is 6.61 Å². The SMILES string of the molecule is C=C1C(=O)COc2ccccc21. The van der Waals surface area contributed by atoms with Crippen molar-refractivity contribution in [2.24, 2.45) is 0 Å². The summed E-state index contributed by atoms with van der Waals surface area (Å²) in [6.45, 7) is 3.83. The Labute approximate surface area is 70.5 Å². The van der Waals surface area contributed by atoms with Crippen LogP contribution >= 0.6 is 0 Å². The summed E-state index contributed by atoms with van der Waals surface area (Å²) in [5.41, 5.74) is 1.37. The molecular weight excluding hydrogens is 152 g/mol. The van der Waals surface area contributed by atoms with Crippen LogP contribution < -0.4 is 4.74 Å². The number of ether oxygens (including phenoxy) is 1. The summed E-state index contributed by atoms with van der Waals surface area (Å²) in [5.74, 6) is 0.718. The number of benzene rings is 1. The minimum Gasteiger partial charge on any atom is -0.485 e. The lowest BCUT2D eigenvalue weighted by atomic mass is 10.0. The third kappa shape index (κ3) is 0.925. The molecule has 0 saturated carbocycles. The van der Waals surface area contributed by atoms with Gasteiger partial charge >= 0.3 is 0 Å². The maximum atomic E-state index is 11.1. The Morgan fingerprint density at radius 2 is 2.08 bits per heavy atom. The molecule has 2 nitrogen and oxygen atoms in total. The quantitative estimate of drug-likeness (QED) is 0.539. The molecule has 0 unspecified atom stereocenters. The summed E-state index contributed by atoms with van der Waals surface area (Å²) >= 11 is 0. The first kappa shape index (κ1) is 7.10. The van der Waals surface area contributed by atoms with Crippen LogP contribution in [0.1, 0.15) is 5.56 Å². The van der Waals surface area contributed by atoms with E-state index in [1.165, 1.54) is 0 Å². The largest absolute Gasteiger partial charge is 0.485 e. The molecule has 60 valence electrons. The van der Waals surface area contributed by atoms with Crippen LogP contribution in [0.2, 0.25) is 0 Å². The Kier molecular flexibility index (Phi) is 1.47. The van der Waals surface area contributed by atoms with Crippen molar-refractivity contribution in [1.29, 1.82) is 0 Å². The third-order valence-electron chi connectivity index (χ3n) is 1.91. The van der Waals surface area contributed by atoms with E-state index in [9.17, 15) is 4.79 Å². The normalized spacial score (nSPS) is 15.3. The fourth-order valence-corrected chi connectivity index (χ4v) is 1.22. The second-order valence-electron chi connectivity index (χ2n) is 2.69. The topological polar surface area (TPSA) is 26.3 Å². The monoisotopic (exact) mass is 160 g/mol. The van der Waals surface area contributed by atoms with Gasteiger partial charge in [-0.1, -0.05) is 24.8 Å². The summed E-state index contributed by atoms with van der Waals surface area (Å²) in [6, 6.07) is 7.43. The second kappa shape index (κ2) is 2.48. The highest BCUT2D eigenvalue weighted by Gasteiger charge is 2.19. The molecule has 1 heterocycles. The minimum atomic E-state index is -0.0336. The Morgan fingerprint density at radius 3 is 2.92 bits per heavy atom. The number of hydrogen-bond acceptors (Lipinski definition) is 2. The van der Waals surface area contributed by atoms with Crippen LogP contribution in [0.3, 0.4) is 0 Å². The number of para-hydroxylation sites is 1. The molecule has 1 aromatic rings. The van der Waals surface area contributed by atoms with Gasteiger partial charge in [0.1, 0.15) is 5.75 Å². The molecule has 12 heavy (non-hydrogen) atoms. The van der Waals surface area contributed by atoms with Crippen molar-refractivity contribution in [2.45, 2.75) is 0 Å². The van der Waals surface area contributed by atoms with Gasteiger partial charge in [-0.15, -0.1) is 0 Å². The van der Waals surface area contributed by atoms with Gasteiger partial charge in [-0.3, -0.25) is 4.79 Å². The smallest absolute Gasteiger partial charge is 0.200 e. The minimum absolute atomic E-state index is 0.0336. The summed E-state index contributed by atoms with van der Waals surface area (Å²) in [6.07, 6.45) is 0. The zero-order chi connectivity index (χ0) is 8.55. The van der Waals surface area contributed by atoms with Crippen LogP contribution in [-0.4, -0.2) is 12.4 Å². The van der Waals surface area contributed by atoms with E-state index in [4.69, 9.17) is 4.74 Å². The van der Waals surface area contributed by atoms with E-state index in [-0.39, 0.29) is 12.4 Å². The van der Waals surface area contributed by atoms with Crippen LogP contribution in [0.25, 0.3) is 5.57 Å². The molecular formula is C10H8O2. The Bertz CT molecular complexity index is 353. The number of ketones is 1. The van der Waals surface area contributed by atoms with Crippen LogP contribution in [0.5, 0.6) is 5.75 Å². The third-order valence-corrected chi connectivity index (χ3v) is 1.91. The Hall–Kier alpha value is -1.57. The zero-order valence-electron chi connectivity index (χ0n) is 6.54. The van der Waals surface area contributed by atoms with Gasteiger partial charge in [0.05, 0.1) is 0 Å². The first-order valence-corrected chi connectivity index (χ1v) is 3.73. The number of Topliss-reactive ketones (excluding diaryl/α,β-unsaturated/α-hetero) is 1. The molecule has 1 aliphatic rings. The van der Waals surface area contributed by atoms with E-state index in [2.05, 4.69) is 6.58 Å². The van der Waals surface area contributed by atoms with Crippen LogP contribution in [-0.2, 0) is 4.79 Å². The molecule has 0 aliphatic carbocycles. The molecule has 2 rings (SSSR count). The standard InChI is InChI=1S/C10H8O2/c1-7-8-4-2-3-5-10(8)12-6-9(7)11/h2-5H,1,6H2. The van der Waals surface area contributed by atoms with E-state index in [1.54, 1.807) is 0 Å². The molecule has 0 spiro atoms. The first-order valence-electron chi connectivity index (χ1n) is 3.73. The number of fused-ring (bicyclic) bond motifs is 1. The van der Waals surface area contributed by atoms with Crippen molar-refractivity contribution >= 4 is 11.4 Å². The lowest BCUT2D eigenvalue weighted by molar-refractivity contribution is -0.116. The number of hydrogen-bond donors (Lipinski definition) is 0. The number of carbonyl (C=O) groups excluding carboxylic acids is 1. The molecule has 0 saturated heterocycles. The molecule has 1 aliphatic heterocycles. The van der Waals surface area contributed by atoms with Gasteiger partial charge in [-0.05, 0) is 6.07 Å². The van der Waals surface area contributed by atoms with E-state index in [1.807, 2.05) is 24.3 Å². The second-order valence-corrected chi connectivity index (χ2v) is 2.69. The Morgan fingerprint density at radius 1 is 1.33 bits per heavy atom. The molecule has 0 bridgehead atoms. The predicted octanol–water partition coefficient (Wildman–Crippen LogP) is 1.66. The predicted molar refractivity (Wildman–Crippen MR) is 46.0 cm³/mol. The van der Waals surface area contributed by atoms with Crippen molar-refractivity contribution in [3.63, 3.8) is 0 Å². The first-order chi connectivity index (χ1) is 5.79. The van der Waals surface area contributed by atoms with Crippen molar-refractivity contribution in [3.8, 4) is 5.75 Å². The van der Waals surface area contributed by atoms with E-state index < -0.39 is 0 Å². The molecule has 0 N–H and O–H groups in total. The summed E-state index contributed by atoms with van der Waals surface area (Å²) in [7, 11) is 0. The molecule has 0 amide bonds. The van der Waals surface area contributed by atoms with Crippen LogP contribution in [0.4, 0.5) is 0 Å². The lowest BCUT2D eigenvalue weighted by Gasteiger charge is -2.17. The summed E-state index contributed by atoms with van der Waals surface area (Å²) < 4.78 is 5.20. The maximum absolute atomic E-state index is 11.1. The van der Waals surface area contributed by atoms with Gasteiger partial charge in [0.2, 0.25) is 0 Å². The molecule has 0 aromatic heterocycles. The van der Waals surface area contributed by atoms with Crippen LogP contribution in [0.15, 0.2) is 30.8 Å². The van der Waals surface area contributed by atoms with E-state index in [0.717, 1.165) is 11.3 Å². The summed E-state index contributed by atoms with van der Waals surface area (Å²) in [5, 5.41) is 0. The average molecular weight is 160 g/mol. The summed E-state index contributed by atoms with van der Waals surface area (Å²) in [4.78, 5) is 11.1.